The first-order chi connectivity index (χ1) is 8.52. The fraction of sp³-hybridized carbons (Fsp3) is 0.733. The topological polar surface area (TPSA) is 58.9 Å². The number of Topliss-reactive ketones (excluding diaryl/α,β-unsaturated/α-hetero) is 2. The third kappa shape index (κ3) is 1.80. The van der Waals surface area contributed by atoms with E-state index in [4.69, 9.17) is 0 Å². The average molecular weight is 262 g/mol. The molecule has 1 aliphatic carbocycles. The number of allylic oxidation sites excluding steroid dienone is 1. The van der Waals surface area contributed by atoms with E-state index in [0.29, 0.717) is 12.1 Å². The van der Waals surface area contributed by atoms with Gasteiger partial charge >= 0.3 is 0 Å². The molecule has 0 saturated carbocycles. The quantitative estimate of drug-likeness (QED) is 0.630. The summed E-state index contributed by atoms with van der Waals surface area (Å²) in [6.45, 7) is 12.2. The Labute approximate surface area is 114 Å². The molecule has 0 amide bonds. The summed E-state index contributed by atoms with van der Waals surface area (Å²) in [4.78, 5) is 25.1. The molecule has 0 radical (unpaired) electrons. The first-order valence-corrected chi connectivity index (χ1v) is 6.72. The van der Waals surface area contributed by atoms with Crippen molar-refractivity contribution < 1.29 is 9.59 Å². The Morgan fingerprint density at radius 3 is 2.21 bits per heavy atom. The highest BCUT2D eigenvalue weighted by Crippen LogP contribution is 2.49. The molecular weight excluding hydrogens is 240 g/mol. The van der Waals surface area contributed by atoms with Crippen LogP contribution in [0.1, 0.15) is 41.5 Å². The maximum absolute atomic E-state index is 12.7. The Hall–Kier alpha value is -1.32. The SMILES string of the molecule is CC(C)(C)C1=CC2CN=NC2(C(C)(C)C)C(=O)C1=O. The zero-order valence-electron chi connectivity index (χ0n) is 12.6. The number of hydrogen-bond acceptors (Lipinski definition) is 4. The van der Waals surface area contributed by atoms with Gasteiger partial charge in [0.1, 0.15) is 0 Å². The molecule has 4 nitrogen and oxygen atoms in total. The van der Waals surface area contributed by atoms with Gasteiger partial charge in [-0.15, -0.1) is 0 Å². The van der Waals surface area contributed by atoms with Crippen LogP contribution in [0.2, 0.25) is 0 Å². The molecule has 0 aromatic rings. The number of ketones is 2. The van der Waals surface area contributed by atoms with E-state index >= 15 is 0 Å². The number of rotatable bonds is 0. The minimum Gasteiger partial charge on any atom is -0.288 e. The number of carbonyl (C=O) groups excluding carboxylic acids is 2. The maximum Gasteiger partial charge on any atom is 0.233 e. The van der Waals surface area contributed by atoms with Gasteiger partial charge in [-0.05, 0) is 10.8 Å². The van der Waals surface area contributed by atoms with Gasteiger partial charge in [0.2, 0.25) is 11.6 Å². The summed E-state index contributed by atoms with van der Waals surface area (Å²) in [5.74, 6) is -0.870. The molecule has 0 N–H and O–H groups in total. The van der Waals surface area contributed by atoms with Gasteiger partial charge < -0.3 is 0 Å². The summed E-state index contributed by atoms with van der Waals surface area (Å²) in [5.41, 5.74) is -1.13. The lowest BCUT2D eigenvalue weighted by Gasteiger charge is -2.43. The summed E-state index contributed by atoms with van der Waals surface area (Å²) in [6.07, 6.45) is 1.94. The molecule has 0 fully saturated rings. The molecule has 0 aromatic heterocycles. The third-order valence-corrected chi connectivity index (χ3v) is 4.16. The molecule has 0 aromatic carbocycles. The minimum absolute atomic E-state index is 0.0908. The number of fused-ring (bicyclic) bond motifs is 1. The van der Waals surface area contributed by atoms with E-state index in [1.54, 1.807) is 0 Å². The predicted octanol–water partition coefficient (Wildman–Crippen LogP) is 2.98. The largest absolute Gasteiger partial charge is 0.288 e. The highest BCUT2D eigenvalue weighted by molar-refractivity contribution is 6.47. The molecule has 1 heterocycles. The zero-order valence-corrected chi connectivity index (χ0v) is 12.6. The van der Waals surface area contributed by atoms with E-state index in [1.165, 1.54) is 0 Å². The molecule has 0 bridgehead atoms. The summed E-state index contributed by atoms with van der Waals surface area (Å²) in [6, 6.07) is 0. The van der Waals surface area contributed by atoms with Gasteiger partial charge in [-0.25, -0.2) is 0 Å². The molecule has 104 valence electrons. The van der Waals surface area contributed by atoms with Crippen molar-refractivity contribution >= 4 is 11.6 Å². The Morgan fingerprint density at radius 2 is 1.74 bits per heavy atom. The standard InChI is InChI=1S/C15H22N2O2/c1-13(2,3)10-7-9-8-16-17-15(9,14(4,5)6)12(19)11(10)18/h7,9H,8H2,1-6H3. The Morgan fingerprint density at radius 1 is 1.16 bits per heavy atom. The first kappa shape index (κ1) is 14.1. The molecule has 2 unspecified atom stereocenters. The Balaban J connectivity index is 2.62. The van der Waals surface area contributed by atoms with Crippen LogP contribution in [0.15, 0.2) is 21.9 Å². The van der Waals surface area contributed by atoms with Crippen molar-refractivity contribution in [2.45, 2.75) is 47.1 Å². The van der Waals surface area contributed by atoms with E-state index < -0.39 is 16.7 Å². The van der Waals surface area contributed by atoms with Crippen LogP contribution in [0.4, 0.5) is 0 Å². The van der Waals surface area contributed by atoms with Crippen LogP contribution in [0.25, 0.3) is 0 Å². The van der Waals surface area contributed by atoms with Crippen LogP contribution in [-0.4, -0.2) is 23.7 Å². The fourth-order valence-corrected chi connectivity index (χ4v) is 3.04. The molecule has 2 aliphatic rings. The van der Waals surface area contributed by atoms with Crippen molar-refractivity contribution in [1.29, 1.82) is 0 Å². The third-order valence-electron chi connectivity index (χ3n) is 4.16. The van der Waals surface area contributed by atoms with Gasteiger partial charge in [-0.1, -0.05) is 47.6 Å². The van der Waals surface area contributed by atoms with Crippen LogP contribution in [0, 0.1) is 16.7 Å². The second-order valence-corrected chi connectivity index (χ2v) is 7.54. The molecule has 2 atom stereocenters. The van der Waals surface area contributed by atoms with Gasteiger partial charge in [0.25, 0.3) is 0 Å². The second kappa shape index (κ2) is 3.84. The van der Waals surface area contributed by atoms with E-state index in [-0.39, 0.29) is 17.1 Å². The predicted molar refractivity (Wildman–Crippen MR) is 73.0 cm³/mol. The fourth-order valence-electron chi connectivity index (χ4n) is 3.04. The van der Waals surface area contributed by atoms with E-state index in [9.17, 15) is 9.59 Å². The van der Waals surface area contributed by atoms with Crippen LogP contribution in [0.5, 0.6) is 0 Å². The van der Waals surface area contributed by atoms with Crippen molar-refractivity contribution in [1.82, 2.24) is 0 Å². The van der Waals surface area contributed by atoms with Gasteiger partial charge in [-0.2, -0.15) is 10.2 Å². The smallest absolute Gasteiger partial charge is 0.233 e. The van der Waals surface area contributed by atoms with E-state index in [2.05, 4.69) is 10.2 Å². The zero-order chi connectivity index (χ0) is 14.6. The summed E-state index contributed by atoms with van der Waals surface area (Å²) >= 11 is 0. The number of azo groups is 1. The number of carbonyl (C=O) groups is 2. The van der Waals surface area contributed by atoms with Gasteiger partial charge in [0.05, 0.1) is 6.54 Å². The molecular formula is C15H22N2O2. The van der Waals surface area contributed by atoms with Crippen molar-refractivity contribution in [3.05, 3.63) is 11.6 Å². The van der Waals surface area contributed by atoms with Crippen molar-refractivity contribution in [3.8, 4) is 0 Å². The highest BCUT2D eigenvalue weighted by atomic mass is 16.2. The molecule has 0 spiro atoms. The Kier molecular flexibility index (Phi) is 2.85. The molecule has 0 saturated heterocycles. The van der Waals surface area contributed by atoms with Gasteiger partial charge in [0.15, 0.2) is 5.54 Å². The lowest BCUT2D eigenvalue weighted by Crippen LogP contribution is -2.58. The van der Waals surface area contributed by atoms with Crippen molar-refractivity contribution in [2.24, 2.45) is 27.0 Å². The molecule has 2 rings (SSSR count). The van der Waals surface area contributed by atoms with E-state index in [0.717, 1.165) is 0 Å². The lowest BCUT2D eigenvalue weighted by molar-refractivity contribution is -0.142. The molecule has 1 aliphatic heterocycles. The maximum atomic E-state index is 12.7. The minimum atomic E-state index is -1.00. The number of nitrogens with zero attached hydrogens (tertiary/aromatic N) is 2. The summed E-state index contributed by atoms with van der Waals surface area (Å²) < 4.78 is 0. The van der Waals surface area contributed by atoms with Crippen LogP contribution in [0.3, 0.4) is 0 Å². The van der Waals surface area contributed by atoms with Crippen LogP contribution < -0.4 is 0 Å². The summed E-state index contributed by atoms with van der Waals surface area (Å²) in [7, 11) is 0. The Bertz CT molecular complexity index is 503. The normalized spacial score (nSPS) is 31.5. The summed E-state index contributed by atoms with van der Waals surface area (Å²) in [5, 5.41) is 8.29. The van der Waals surface area contributed by atoms with Crippen LogP contribution >= 0.6 is 0 Å². The van der Waals surface area contributed by atoms with Crippen molar-refractivity contribution in [2.75, 3.05) is 6.54 Å². The lowest BCUT2D eigenvalue weighted by atomic mass is 9.59. The first-order valence-electron chi connectivity index (χ1n) is 6.72. The molecule has 4 heteroatoms. The van der Waals surface area contributed by atoms with E-state index in [1.807, 2.05) is 47.6 Å². The monoisotopic (exact) mass is 262 g/mol. The second-order valence-electron chi connectivity index (χ2n) is 7.54. The highest BCUT2D eigenvalue weighted by Gasteiger charge is 2.61. The van der Waals surface area contributed by atoms with Crippen molar-refractivity contribution in [3.63, 3.8) is 0 Å². The van der Waals surface area contributed by atoms with Crippen LogP contribution in [-0.2, 0) is 9.59 Å². The van der Waals surface area contributed by atoms with Gasteiger partial charge in [0, 0.05) is 11.5 Å². The molecule has 19 heavy (non-hydrogen) atoms. The van der Waals surface area contributed by atoms with Gasteiger partial charge in [-0.3, -0.25) is 9.59 Å². The number of hydrogen-bond donors (Lipinski definition) is 0. The average Bonchev–Trinajstić information content (AvgIpc) is 2.65.